The monoisotopic (exact) mass is 216 g/mol. The van der Waals surface area contributed by atoms with Crippen molar-refractivity contribution in [2.45, 2.75) is 27.2 Å². The average Bonchev–Trinajstić information content (AvgIpc) is 2.24. The molecule has 0 aliphatic carbocycles. The molecule has 0 amide bonds. The number of benzene rings is 1. The first-order valence-corrected chi connectivity index (χ1v) is 5.53. The van der Waals surface area contributed by atoms with E-state index in [9.17, 15) is 0 Å². The van der Waals surface area contributed by atoms with Crippen LogP contribution in [0.15, 0.2) is 48.1 Å². The number of nitrogens with one attached hydrogen (secondary N) is 1. The summed E-state index contributed by atoms with van der Waals surface area (Å²) in [7, 11) is 0. The second kappa shape index (κ2) is 5.50. The van der Waals surface area contributed by atoms with Gasteiger partial charge in [-0.05, 0) is 12.1 Å². The average molecular weight is 216 g/mol. The van der Waals surface area contributed by atoms with E-state index in [4.69, 9.17) is 0 Å². The number of hydrogen-bond acceptors (Lipinski definition) is 2. The summed E-state index contributed by atoms with van der Waals surface area (Å²) in [6, 6.07) is 9.96. The van der Waals surface area contributed by atoms with Gasteiger partial charge in [-0.25, -0.2) is 0 Å². The van der Waals surface area contributed by atoms with E-state index < -0.39 is 0 Å². The molecule has 0 unspecified atom stereocenters. The first kappa shape index (κ1) is 12.5. The number of allylic oxidation sites excluding steroid dienone is 1. The van der Waals surface area contributed by atoms with Gasteiger partial charge in [-0.2, -0.15) is 5.10 Å². The zero-order valence-corrected chi connectivity index (χ0v) is 10.3. The van der Waals surface area contributed by atoms with Crippen LogP contribution in [-0.2, 0) is 0 Å². The van der Waals surface area contributed by atoms with Crippen LogP contribution in [-0.4, -0.2) is 5.71 Å². The van der Waals surface area contributed by atoms with Crippen LogP contribution >= 0.6 is 0 Å². The van der Waals surface area contributed by atoms with Crippen molar-refractivity contribution in [2.75, 3.05) is 5.43 Å². The third-order valence-corrected chi connectivity index (χ3v) is 2.30. The quantitative estimate of drug-likeness (QED) is 0.458. The second-order valence-corrected chi connectivity index (χ2v) is 4.78. The van der Waals surface area contributed by atoms with Crippen LogP contribution in [0, 0.1) is 5.41 Å². The number of hydrazone groups is 1. The molecule has 16 heavy (non-hydrogen) atoms. The lowest BCUT2D eigenvalue weighted by molar-refractivity contribution is 0.582. The van der Waals surface area contributed by atoms with Gasteiger partial charge in [0.25, 0.3) is 0 Å². The molecule has 86 valence electrons. The van der Waals surface area contributed by atoms with Crippen molar-refractivity contribution in [1.82, 2.24) is 0 Å². The SMILES string of the molecule is C=CC/C(=N/Nc1ccccc1)C(C)(C)C. The molecular weight excluding hydrogens is 196 g/mol. The van der Waals surface area contributed by atoms with Crippen molar-refractivity contribution in [1.29, 1.82) is 0 Å². The highest BCUT2D eigenvalue weighted by Crippen LogP contribution is 2.19. The van der Waals surface area contributed by atoms with Crippen molar-refractivity contribution < 1.29 is 0 Å². The summed E-state index contributed by atoms with van der Waals surface area (Å²) in [5.41, 5.74) is 5.25. The smallest absolute Gasteiger partial charge is 0.0561 e. The minimum absolute atomic E-state index is 0.0654. The van der Waals surface area contributed by atoms with Gasteiger partial charge in [-0.1, -0.05) is 45.0 Å². The zero-order chi connectivity index (χ0) is 12.0. The third kappa shape index (κ3) is 3.89. The summed E-state index contributed by atoms with van der Waals surface area (Å²) < 4.78 is 0. The van der Waals surface area contributed by atoms with Crippen molar-refractivity contribution >= 4 is 11.4 Å². The van der Waals surface area contributed by atoms with Crippen LogP contribution < -0.4 is 5.43 Å². The Balaban J connectivity index is 2.76. The highest BCUT2D eigenvalue weighted by Gasteiger charge is 2.17. The number of para-hydroxylation sites is 1. The van der Waals surface area contributed by atoms with Gasteiger partial charge in [0.1, 0.15) is 0 Å². The van der Waals surface area contributed by atoms with Gasteiger partial charge in [-0.3, -0.25) is 5.43 Å². The lowest BCUT2D eigenvalue weighted by atomic mass is 9.88. The van der Waals surface area contributed by atoms with Crippen LogP contribution in [0.1, 0.15) is 27.2 Å². The summed E-state index contributed by atoms with van der Waals surface area (Å²) in [4.78, 5) is 0. The summed E-state index contributed by atoms with van der Waals surface area (Å²) in [5.74, 6) is 0. The molecule has 0 aromatic heterocycles. The molecule has 1 rings (SSSR count). The Labute approximate surface area is 98.1 Å². The molecule has 1 aromatic rings. The Morgan fingerprint density at radius 2 is 1.94 bits per heavy atom. The van der Waals surface area contributed by atoms with Gasteiger partial charge in [0.15, 0.2) is 0 Å². The molecule has 0 radical (unpaired) electrons. The predicted molar refractivity (Wildman–Crippen MR) is 71.8 cm³/mol. The van der Waals surface area contributed by atoms with Gasteiger partial charge in [-0.15, -0.1) is 6.58 Å². The summed E-state index contributed by atoms with van der Waals surface area (Å²) in [6.45, 7) is 10.2. The van der Waals surface area contributed by atoms with E-state index in [0.29, 0.717) is 0 Å². The first-order chi connectivity index (χ1) is 7.54. The molecule has 0 saturated carbocycles. The summed E-state index contributed by atoms with van der Waals surface area (Å²) >= 11 is 0. The first-order valence-electron chi connectivity index (χ1n) is 5.53. The molecule has 0 atom stereocenters. The van der Waals surface area contributed by atoms with Crippen molar-refractivity contribution in [3.8, 4) is 0 Å². The van der Waals surface area contributed by atoms with E-state index in [1.54, 1.807) is 0 Å². The molecule has 0 heterocycles. The van der Waals surface area contributed by atoms with Crippen LogP contribution in [0.4, 0.5) is 5.69 Å². The largest absolute Gasteiger partial charge is 0.279 e. The van der Waals surface area contributed by atoms with E-state index >= 15 is 0 Å². The van der Waals surface area contributed by atoms with Crippen molar-refractivity contribution in [3.05, 3.63) is 43.0 Å². The van der Waals surface area contributed by atoms with E-state index in [1.807, 2.05) is 36.4 Å². The number of nitrogens with zero attached hydrogens (tertiary/aromatic N) is 1. The standard InChI is InChI=1S/C14H20N2/c1-5-9-13(14(2,3)4)16-15-12-10-7-6-8-11-12/h5-8,10-11,15H,1,9H2,2-4H3/b16-13-. The van der Waals surface area contributed by atoms with Gasteiger partial charge >= 0.3 is 0 Å². The van der Waals surface area contributed by atoms with E-state index in [1.165, 1.54) is 0 Å². The van der Waals surface area contributed by atoms with Crippen molar-refractivity contribution in [2.24, 2.45) is 10.5 Å². The number of anilines is 1. The summed E-state index contributed by atoms with van der Waals surface area (Å²) in [6.07, 6.45) is 2.69. The third-order valence-electron chi connectivity index (χ3n) is 2.30. The maximum atomic E-state index is 4.45. The zero-order valence-electron chi connectivity index (χ0n) is 10.3. The topological polar surface area (TPSA) is 24.4 Å². The molecule has 0 spiro atoms. The van der Waals surface area contributed by atoms with Crippen molar-refractivity contribution in [3.63, 3.8) is 0 Å². The Morgan fingerprint density at radius 3 is 2.44 bits per heavy atom. The fraction of sp³-hybridized carbons (Fsp3) is 0.357. The van der Waals surface area contributed by atoms with E-state index in [2.05, 4.69) is 37.9 Å². The van der Waals surface area contributed by atoms with Crippen LogP contribution in [0.5, 0.6) is 0 Å². The Morgan fingerprint density at radius 1 is 1.31 bits per heavy atom. The molecule has 1 N–H and O–H groups in total. The Hall–Kier alpha value is -1.57. The van der Waals surface area contributed by atoms with Gasteiger partial charge in [0.05, 0.1) is 5.69 Å². The lowest BCUT2D eigenvalue weighted by Crippen LogP contribution is -2.21. The molecule has 0 fully saturated rings. The predicted octanol–water partition coefficient (Wildman–Crippen LogP) is 4.08. The Kier molecular flexibility index (Phi) is 4.29. The molecule has 2 heteroatoms. The summed E-state index contributed by atoms with van der Waals surface area (Å²) in [5, 5.41) is 4.45. The highest BCUT2D eigenvalue weighted by molar-refractivity contribution is 5.90. The minimum Gasteiger partial charge on any atom is -0.279 e. The molecule has 0 aliphatic heterocycles. The molecule has 2 nitrogen and oxygen atoms in total. The van der Waals surface area contributed by atoms with Gasteiger partial charge in [0.2, 0.25) is 0 Å². The molecular formula is C14H20N2. The number of rotatable bonds is 4. The Bertz CT molecular complexity index is 358. The van der Waals surface area contributed by atoms with Gasteiger partial charge < -0.3 is 0 Å². The molecule has 1 aromatic carbocycles. The number of hydrogen-bond donors (Lipinski definition) is 1. The fourth-order valence-electron chi connectivity index (χ4n) is 1.30. The normalized spacial score (nSPS) is 12.3. The second-order valence-electron chi connectivity index (χ2n) is 4.78. The highest BCUT2D eigenvalue weighted by atomic mass is 15.3. The van der Waals surface area contributed by atoms with E-state index in [0.717, 1.165) is 17.8 Å². The van der Waals surface area contributed by atoms with Crippen LogP contribution in [0.3, 0.4) is 0 Å². The van der Waals surface area contributed by atoms with Crippen LogP contribution in [0.2, 0.25) is 0 Å². The van der Waals surface area contributed by atoms with E-state index in [-0.39, 0.29) is 5.41 Å². The fourth-order valence-corrected chi connectivity index (χ4v) is 1.30. The molecule has 0 aliphatic rings. The maximum Gasteiger partial charge on any atom is 0.0561 e. The molecule has 0 saturated heterocycles. The molecule has 0 bridgehead atoms. The minimum atomic E-state index is 0.0654. The van der Waals surface area contributed by atoms with Gasteiger partial charge in [0, 0.05) is 17.5 Å². The van der Waals surface area contributed by atoms with Crippen LogP contribution in [0.25, 0.3) is 0 Å². The lowest BCUT2D eigenvalue weighted by Gasteiger charge is -2.20. The maximum absolute atomic E-state index is 4.45.